The van der Waals surface area contributed by atoms with Gasteiger partial charge < -0.3 is 9.84 Å². The summed E-state index contributed by atoms with van der Waals surface area (Å²) in [5, 5.41) is 20.2. The minimum Gasteiger partial charge on any atom is -0.393 e. The van der Waals surface area contributed by atoms with Gasteiger partial charge in [0.1, 0.15) is 11.6 Å². The number of aliphatic hydroxyl groups excluding tert-OH is 1. The Kier molecular flexibility index (Phi) is 14.7. The predicted octanol–water partition coefficient (Wildman–Crippen LogP) is 10.7. The molecule has 2 unspecified atom stereocenters. The van der Waals surface area contributed by atoms with Gasteiger partial charge in [-0.15, -0.1) is 0 Å². The summed E-state index contributed by atoms with van der Waals surface area (Å²) >= 11 is 0. The van der Waals surface area contributed by atoms with Crippen molar-refractivity contribution >= 4 is 31.8 Å². The lowest BCUT2D eigenvalue weighted by atomic mass is 9.68. The highest BCUT2D eigenvalue weighted by atomic mass is 32.2. The van der Waals surface area contributed by atoms with Crippen LogP contribution in [0.4, 0.5) is 8.78 Å². The number of epoxide rings is 1. The first kappa shape index (κ1) is 50.3. The average Bonchev–Trinajstić information content (AvgIpc) is 3.60. The molecule has 0 bridgehead atoms. The van der Waals surface area contributed by atoms with E-state index in [2.05, 4.69) is 36.2 Å². The molecule has 6 aromatic rings. The molecule has 11 rings (SSSR count). The fourth-order valence-corrected chi connectivity index (χ4v) is 12.7. The van der Waals surface area contributed by atoms with Gasteiger partial charge in [-0.2, -0.15) is 10.2 Å². The van der Waals surface area contributed by atoms with Gasteiger partial charge in [-0.05, 0) is 164 Å². The molecule has 0 spiro atoms. The zero-order valence-corrected chi connectivity index (χ0v) is 38.9. The largest absolute Gasteiger partial charge is 0.393 e. The number of sulfone groups is 2. The van der Waals surface area contributed by atoms with E-state index in [-0.39, 0.29) is 55.4 Å². The van der Waals surface area contributed by atoms with E-state index < -0.39 is 25.8 Å². The van der Waals surface area contributed by atoms with Gasteiger partial charge in [0.15, 0.2) is 19.7 Å². The van der Waals surface area contributed by atoms with Crippen LogP contribution >= 0.6 is 0 Å². The second-order valence-electron chi connectivity index (χ2n) is 18.6. The normalized spacial score (nSPS) is 23.5. The molecule has 68 heavy (non-hydrogen) atoms. The monoisotopic (exact) mass is 964 g/mol. The number of nitrogens with zero attached hydrogens (tertiary/aromatic N) is 4. The Morgan fingerprint density at radius 3 is 1.62 bits per heavy atom. The highest BCUT2D eigenvalue weighted by molar-refractivity contribution is 7.91. The van der Waals surface area contributed by atoms with Gasteiger partial charge in [0.05, 0.1) is 69.5 Å². The second kappa shape index (κ2) is 19.8. The molecule has 2 saturated carbocycles. The van der Waals surface area contributed by atoms with E-state index in [1.54, 1.807) is 84.9 Å². The topological polar surface area (TPSA) is 137 Å². The predicted molar refractivity (Wildman–Crippen MR) is 264 cm³/mol. The molecule has 3 fully saturated rings. The van der Waals surface area contributed by atoms with Crippen LogP contribution in [0.2, 0.25) is 0 Å². The van der Waals surface area contributed by atoms with Crippen LogP contribution in [-0.2, 0) is 37.3 Å². The molecule has 14 heteroatoms. The van der Waals surface area contributed by atoms with E-state index >= 15 is 0 Å². The third kappa shape index (κ3) is 10.1. The van der Waals surface area contributed by atoms with Crippen LogP contribution in [0.25, 0.3) is 23.5 Å². The number of fused-ring (bicyclic) bond motifs is 4. The number of aliphatic hydroxyl groups is 1. The van der Waals surface area contributed by atoms with Gasteiger partial charge in [-0.3, -0.25) is 0 Å². The zero-order chi connectivity index (χ0) is 46.4. The summed E-state index contributed by atoms with van der Waals surface area (Å²) in [5.41, 5.74) is 8.99. The van der Waals surface area contributed by atoms with E-state index in [0.717, 1.165) is 67.0 Å². The number of allylic oxidation sites excluding steroid dienone is 2. The molecule has 4 aromatic carbocycles. The fraction of sp³-hybridized carbons (Fsp3) is 0.370. The maximum absolute atomic E-state index is 13.3. The van der Waals surface area contributed by atoms with Crippen LogP contribution in [-0.4, -0.2) is 72.3 Å². The molecule has 1 aliphatic heterocycles. The second-order valence-corrected chi connectivity index (χ2v) is 22.8. The van der Waals surface area contributed by atoms with Crippen molar-refractivity contribution in [2.75, 3.05) is 18.6 Å². The zero-order valence-electron chi connectivity index (χ0n) is 37.2. The molecule has 360 valence electrons. The molecule has 4 aliphatic carbocycles. The summed E-state index contributed by atoms with van der Waals surface area (Å²) in [5.74, 6) is 0.0434. The molecule has 1 saturated heterocycles. The standard InChI is InChI=1S/C26H27FN2O3S.C19H19FN2O.C7H8O2S.2CH4/c1-26-16-18-17-28-29(21-10-8-20(27)9-11-21)24(18)15-19(26)7-12-23(26)25(30)13-14-33(31,32)22-5-3-2-4-6-22;1-19-9-12-10-21-22(15-5-3-14(20)4-6-15)17(12)8-13(19)2-7-16(19)18-11-23-18;1-10(8,9)7-5-3-2-4-6-7;;/h2-6,8-11,15,17,23,25,30H,7,12-14,16H2,1H3;3-6,8,10,16,18H,2,7,9,11H2,1H3;2-6H,1H3;2*1H4/t23-,25?,26+;16-,18?,19+;;;/m11.../s1. The summed E-state index contributed by atoms with van der Waals surface area (Å²) in [6.07, 6.45) is 15.3. The lowest BCUT2D eigenvalue weighted by molar-refractivity contribution is 0.0540. The Labute approximate surface area is 400 Å². The van der Waals surface area contributed by atoms with E-state index in [9.17, 15) is 30.7 Å². The van der Waals surface area contributed by atoms with Gasteiger partial charge in [0.25, 0.3) is 0 Å². The third-order valence-electron chi connectivity index (χ3n) is 14.4. The number of aromatic nitrogens is 4. The number of rotatable bonds is 9. The molecule has 2 aromatic heterocycles. The first-order valence-electron chi connectivity index (χ1n) is 22.4. The van der Waals surface area contributed by atoms with Crippen molar-refractivity contribution in [3.8, 4) is 11.4 Å². The van der Waals surface area contributed by atoms with Crippen LogP contribution in [0.5, 0.6) is 0 Å². The Hall–Kier alpha value is -5.54. The summed E-state index contributed by atoms with van der Waals surface area (Å²) in [4.78, 5) is 0.668. The lowest BCUT2D eigenvalue weighted by Crippen LogP contribution is -2.37. The maximum Gasteiger partial charge on any atom is 0.178 e. The number of halogens is 2. The molecule has 5 aliphatic rings. The van der Waals surface area contributed by atoms with Gasteiger partial charge in [0, 0.05) is 6.26 Å². The molecule has 10 nitrogen and oxygen atoms in total. The minimum atomic E-state index is -3.43. The molecule has 0 amide bonds. The molecular weight excluding hydrogens is 903 g/mol. The van der Waals surface area contributed by atoms with Crippen LogP contribution in [0.3, 0.4) is 0 Å². The maximum atomic E-state index is 13.3. The Morgan fingerprint density at radius 2 is 1.15 bits per heavy atom. The number of ether oxygens (including phenoxy) is 1. The van der Waals surface area contributed by atoms with E-state index in [1.165, 1.54) is 53.7 Å². The van der Waals surface area contributed by atoms with Gasteiger partial charge >= 0.3 is 0 Å². The van der Waals surface area contributed by atoms with Crippen molar-refractivity contribution in [2.45, 2.75) is 95.6 Å². The Balaban J connectivity index is 0.000000169. The van der Waals surface area contributed by atoms with Crippen molar-refractivity contribution in [1.29, 1.82) is 0 Å². The minimum absolute atomic E-state index is 0. The van der Waals surface area contributed by atoms with Crippen molar-refractivity contribution in [3.05, 3.63) is 167 Å². The molecular formula is C54H62F2N4O6S2. The summed E-state index contributed by atoms with van der Waals surface area (Å²) in [6.45, 7) is 5.48. The van der Waals surface area contributed by atoms with Crippen LogP contribution in [0, 0.1) is 34.3 Å². The van der Waals surface area contributed by atoms with Crippen molar-refractivity contribution in [3.63, 3.8) is 0 Å². The summed E-state index contributed by atoms with van der Waals surface area (Å²) in [6, 6.07) is 29.6. The van der Waals surface area contributed by atoms with Crippen molar-refractivity contribution in [1.82, 2.24) is 19.6 Å². The SMILES string of the molecule is C.C.CS(=O)(=O)c1ccccc1.C[C@]12Cc3cnn(-c4ccc(F)cc4)c3C=C1CC[C@@H]2C(O)CCS(=O)(=O)c1ccccc1.C[C@]12Cc3cnn(-c4ccc(F)cc4)c3C=C1CC[C@@H]2C1CO1. The number of benzene rings is 4. The van der Waals surface area contributed by atoms with E-state index in [4.69, 9.17) is 4.74 Å². The molecule has 0 radical (unpaired) electrons. The average molecular weight is 965 g/mol. The highest BCUT2D eigenvalue weighted by Crippen LogP contribution is 2.57. The molecule has 1 N–H and O–H groups in total. The van der Waals surface area contributed by atoms with Gasteiger partial charge in [-0.25, -0.2) is 35.0 Å². The van der Waals surface area contributed by atoms with Crippen molar-refractivity contribution in [2.24, 2.45) is 22.7 Å². The van der Waals surface area contributed by atoms with Gasteiger partial charge in [0.2, 0.25) is 0 Å². The van der Waals surface area contributed by atoms with Crippen LogP contribution in [0.1, 0.15) is 83.3 Å². The van der Waals surface area contributed by atoms with Crippen LogP contribution in [0.15, 0.2) is 143 Å². The summed E-state index contributed by atoms with van der Waals surface area (Å²) < 4.78 is 82.9. The fourth-order valence-electron chi connectivity index (χ4n) is 10.7. The number of hydrogen-bond acceptors (Lipinski definition) is 8. The Morgan fingerprint density at radius 1 is 0.691 bits per heavy atom. The highest BCUT2D eigenvalue weighted by Gasteiger charge is 2.52. The summed E-state index contributed by atoms with van der Waals surface area (Å²) in [7, 11) is -6.43. The first-order chi connectivity index (χ1) is 31.5. The van der Waals surface area contributed by atoms with Gasteiger partial charge in [-0.1, -0.05) is 76.2 Å². The van der Waals surface area contributed by atoms with Crippen molar-refractivity contribution < 1.29 is 35.5 Å². The molecule has 3 heterocycles. The lowest BCUT2D eigenvalue weighted by Gasteiger charge is -2.38. The molecule has 6 atom stereocenters. The van der Waals surface area contributed by atoms with Crippen LogP contribution < -0.4 is 0 Å². The Bertz CT molecular complexity index is 3010. The first-order valence-corrected chi connectivity index (χ1v) is 26.0. The third-order valence-corrected chi connectivity index (χ3v) is 17.3. The van der Waals surface area contributed by atoms with E-state index in [1.807, 2.05) is 21.8 Å². The quantitative estimate of drug-likeness (QED) is 0.141. The number of hydrogen-bond donors (Lipinski definition) is 1. The smallest absolute Gasteiger partial charge is 0.178 e. The van der Waals surface area contributed by atoms with E-state index in [0.29, 0.717) is 21.8 Å².